The number of carbonyl (C=O) groups excluding carboxylic acids is 4. The van der Waals surface area contributed by atoms with Gasteiger partial charge in [0.2, 0.25) is 6.08 Å². The highest BCUT2D eigenvalue weighted by Gasteiger charge is 2.54. The van der Waals surface area contributed by atoms with Crippen LogP contribution in [0.1, 0.15) is 18.5 Å². The van der Waals surface area contributed by atoms with Crippen molar-refractivity contribution in [1.29, 1.82) is 0 Å². The van der Waals surface area contributed by atoms with E-state index in [0.717, 1.165) is 4.90 Å². The van der Waals surface area contributed by atoms with Crippen molar-refractivity contribution >= 4 is 41.6 Å². The summed E-state index contributed by atoms with van der Waals surface area (Å²) in [7, 11) is 0. The predicted molar refractivity (Wildman–Crippen MR) is 104 cm³/mol. The Balaban J connectivity index is 1.77. The maximum atomic E-state index is 12.7. The van der Waals surface area contributed by atoms with Crippen LogP contribution in [0.4, 0.5) is 0 Å². The zero-order valence-corrected chi connectivity index (χ0v) is 16.5. The van der Waals surface area contributed by atoms with Gasteiger partial charge in [-0.15, -0.1) is 11.8 Å². The molecule has 2 aliphatic heterocycles. The Kier molecular flexibility index (Phi) is 6.34. The van der Waals surface area contributed by atoms with Crippen molar-refractivity contribution in [2.24, 2.45) is 4.99 Å². The van der Waals surface area contributed by atoms with Crippen molar-refractivity contribution in [3.63, 3.8) is 0 Å². The molecule has 0 spiro atoms. The number of nitrogens with zero attached hydrogens (tertiary/aromatic N) is 2. The number of carboxylic acid groups (broad SMARTS) is 1. The summed E-state index contributed by atoms with van der Waals surface area (Å²) >= 11 is 1.24. The number of β-lactam (4-membered cyclic amide) rings is 1. The Hall–Kier alpha value is -3.43. The number of rotatable bonds is 7. The number of carboxylic acids is 1. The molecule has 0 saturated carbocycles. The van der Waals surface area contributed by atoms with E-state index in [2.05, 4.69) is 10.3 Å². The highest BCUT2D eigenvalue weighted by Crippen LogP contribution is 2.40. The lowest BCUT2D eigenvalue weighted by Crippen LogP contribution is -2.70. The van der Waals surface area contributed by atoms with E-state index >= 15 is 0 Å². The number of aliphatic carboxylic acids is 1. The monoisotopic (exact) mass is 431 g/mol. The number of hydrogen-bond acceptors (Lipinski definition) is 8. The van der Waals surface area contributed by atoms with Crippen LogP contribution in [0.2, 0.25) is 0 Å². The number of esters is 1. The van der Waals surface area contributed by atoms with Crippen LogP contribution in [0, 0.1) is 0 Å². The minimum atomic E-state index is -1.33. The Bertz CT molecular complexity index is 972. The number of isocyanates is 1. The third-order valence-electron chi connectivity index (χ3n) is 4.54. The number of thioether (sulfide) groups is 1. The Morgan fingerprint density at radius 3 is 2.67 bits per heavy atom. The fourth-order valence-corrected chi connectivity index (χ4v) is 4.52. The molecule has 1 fully saturated rings. The van der Waals surface area contributed by atoms with E-state index in [4.69, 9.17) is 4.74 Å². The SMILES string of the molecule is CC(=O)OCC1=C(C(=O)O)N2C(=O)[C@@H](NC(=O)C(N=C=O)c3ccccc3)[C@H]2SC1. The first-order valence-electron chi connectivity index (χ1n) is 8.80. The highest BCUT2D eigenvalue weighted by molar-refractivity contribution is 8.00. The molecule has 0 aliphatic carbocycles. The van der Waals surface area contributed by atoms with Gasteiger partial charge in [-0.1, -0.05) is 30.3 Å². The Labute approximate surface area is 175 Å². The fraction of sp³-hybridized carbons (Fsp3) is 0.316. The first-order valence-corrected chi connectivity index (χ1v) is 9.85. The molecule has 3 atom stereocenters. The van der Waals surface area contributed by atoms with Crippen LogP contribution in [0.3, 0.4) is 0 Å². The third-order valence-corrected chi connectivity index (χ3v) is 5.88. The summed E-state index contributed by atoms with van der Waals surface area (Å²) in [4.78, 5) is 63.4. The number of nitrogens with one attached hydrogen (secondary N) is 1. The standard InChI is InChI=1S/C19H17N3O7S/c1-10(24)29-7-12-8-30-18-14(17(26)22(18)15(12)19(27)28)21-16(25)13(20-9-23)11-5-3-2-4-6-11/h2-6,13-14,18H,7-8H2,1H3,(H,21,25)(H,27,28)/t13?,14-,18-/m1/s1. The van der Waals surface area contributed by atoms with Crippen LogP contribution in [0.15, 0.2) is 46.6 Å². The molecule has 2 amide bonds. The summed E-state index contributed by atoms with van der Waals surface area (Å²) < 4.78 is 4.87. The van der Waals surface area contributed by atoms with Crippen LogP contribution in [-0.2, 0) is 28.7 Å². The summed E-state index contributed by atoms with van der Waals surface area (Å²) in [5.74, 6) is -2.96. The number of fused-ring (bicyclic) bond motifs is 1. The number of benzene rings is 1. The lowest BCUT2D eigenvalue weighted by atomic mass is 10.0. The van der Waals surface area contributed by atoms with Gasteiger partial charge < -0.3 is 15.2 Å². The second kappa shape index (κ2) is 8.93. The zero-order valence-electron chi connectivity index (χ0n) is 15.7. The van der Waals surface area contributed by atoms with Gasteiger partial charge in [0.25, 0.3) is 11.8 Å². The largest absolute Gasteiger partial charge is 0.477 e. The van der Waals surface area contributed by atoms with Gasteiger partial charge in [-0.05, 0) is 5.56 Å². The summed E-state index contributed by atoms with van der Waals surface area (Å²) in [5.41, 5.74) is 0.499. The van der Waals surface area contributed by atoms with E-state index in [1.807, 2.05) is 0 Å². The molecule has 0 bridgehead atoms. The Morgan fingerprint density at radius 2 is 2.07 bits per heavy atom. The van der Waals surface area contributed by atoms with Crippen molar-refractivity contribution in [3.8, 4) is 0 Å². The number of ether oxygens (including phenoxy) is 1. The first-order chi connectivity index (χ1) is 14.3. The van der Waals surface area contributed by atoms with Crippen molar-refractivity contribution in [3.05, 3.63) is 47.2 Å². The van der Waals surface area contributed by atoms with E-state index in [-0.39, 0.29) is 18.1 Å². The molecule has 1 aromatic rings. The van der Waals surface area contributed by atoms with Crippen molar-refractivity contribution in [2.45, 2.75) is 24.4 Å². The van der Waals surface area contributed by atoms with Gasteiger partial charge in [0.1, 0.15) is 23.7 Å². The summed E-state index contributed by atoms with van der Waals surface area (Å²) in [6, 6.07) is 6.18. The van der Waals surface area contributed by atoms with E-state index in [1.54, 1.807) is 30.3 Å². The molecule has 1 aromatic carbocycles. The molecule has 10 nitrogen and oxygen atoms in total. The molecule has 11 heteroatoms. The van der Waals surface area contributed by atoms with E-state index in [1.165, 1.54) is 24.8 Å². The quantitative estimate of drug-likeness (QED) is 0.273. The topological polar surface area (TPSA) is 142 Å². The lowest BCUT2D eigenvalue weighted by Gasteiger charge is -2.49. The molecule has 0 radical (unpaired) electrons. The third kappa shape index (κ3) is 4.12. The van der Waals surface area contributed by atoms with E-state index < -0.39 is 41.2 Å². The number of carbonyl (C=O) groups is 4. The van der Waals surface area contributed by atoms with Crippen molar-refractivity contribution in [1.82, 2.24) is 10.2 Å². The molecule has 0 aromatic heterocycles. The van der Waals surface area contributed by atoms with Crippen LogP contribution < -0.4 is 5.32 Å². The molecule has 156 valence electrons. The van der Waals surface area contributed by atoms with Gasteiger partial charge >= 0.3 is 11.9 Å². The molecule has 2 aliphatic rings. The number of hydrogen-bond donors (Lipinski definition) is 2. The molecule has 1 unspecified atom stereocenters. The molecule has 1 saturated heterocycles. The molecule has 2 N–H and O–H groups in total. The van der Waals surface area contributed by atoms with Crippen molar-refractivity contribution in [2.75, 3.05) is 12.4 Å². The van der Waals surface area contributed by atoms with Crippen molar-refractivity contribution < 1.29 is 33.8 Å². The van der Waals surface area contributed by atoms with E-state index in [9.17, 15) is 29.1 Å². The van der Waals surface area contributed by atoms with Gasteiger partial charge in [0.15, 0.2) is 6.04 Å². The maximum absolute atomic E-state index is 12.7. The normalized spacial score (nSPS) is 21.0. The highest BCUT2D eigenvalue weighted by atomic mass is 32.2. The number of amides is 2. The predicted octanol–water partition coefficient (Wildman–Crippen LogP) is 0.365. The lowest BCUT2D eigenvalue weighted by molar-refractivity contribution is -0.151. The summed E-state index contributed by atoms with van der Waals surface area (Å²) in [6.07, 6.45) is 1.36. The molecular weight excluding hydrogens is 414 g/mol. The van der Waals surface area contributed by atoms with Crippen LogP contribution in [0.5, 0.6) is 0 Å². The second-order valence-electron chi connectivity index (χ2n) is 6.47. The minimum absolute atomic E-state index is 0.213. The molecular formula is C19H17N3O7S. The van der Waals surface area contributed by atoms with Crippen LogP contribution >= 0.6 is 11.8 Å². The fourth-order valence-electron chi connectivity index (χ4n) is 3.19. The maximum Gasteiger partial charge on any atom is 0.352 e. The van der Waals surface area contributed by atoms with Gasteiger partial charge in [-0.25, -0.2) is 9.59 Å². The minimum Gasteiger partial charge on any atom is -0.477 e. The van der Waals surface area contributed by atoms with Gasteiger partial charge in [0.05, 0.1) is 0 Å². The van der Waals surface area contributed by atoms with Gasteiger partial charge in [-0.2, -0.15) is 4.99 Å². The summed E-state index contributed by atoms with van der Waals surface area (Å²) in [6.45, 7) is 0.965. The average Bonchev–Trinajstić information content (AvgIpc) is 2.73. The number of aliphatic imine (C=N–C) groups is 1. The van der Waals surface area contributed by atoms with Gasteiger partial charge in [-0.3, -0.25) is 19.3 Å². The molecule has 3 rings (SSSR count). The average molecular weight is 431 g/mol. The van der Waals surface area contributed by atoms with Crippen LogP contribution in [0.25, 0.3) is 0 Å². The van der Waals surface area contributed by atoms with E-state index in [0.29, 0.717) is 11.1 Å². The summed E-state index contributed by atoms with van der Waals surface area (Å²) in [5, 5.41) is 11.5. The van der Waals surface area contributed by atoms with Crippen LogP contribution in [-0.4, -0.2) is 63.6 Å². The Morgan fingerprint density at radius 1 is 1.37 bits per heavy atom. The van der Waals surface area contributed by atoms with Gasteiger partial charge in [0, 0.05) is 18.2 Å². The zero-order chi connectivity index (χ0) is 21.8. The molecule has 30 heavy (non-hydrogen) atoms. The first kappa shape index (κ1) is 21.3. The second-order valence-corrected chi connectivity index (χ2v) is 7.57. The molecule has 2 heterocycles. The smallest absolute Gasteiger partial charge is 0.352 e.